The van der Waals surface area contributed by atoms with E-state index in [9.17, 15) is 22.8 Å². The van der Waals surface area contributed by atoms with Crippen molar-refractivity contribution in [2.75, 3.05) is 16.0 Å². The zero-order chi connectivity index (χ0) is 50.2. The molecule has 0 atom stereocenters. The molecular weight excluding hydrogens is 1100 g/mol. The summed E-state index contributed by atoms with van der Waals surface area (Å²) in [6.45, 7) is 0. The van der Waals surface area contributed by atoms with Crippen LogP contribution in [0, 0.1) is 0 Å². The Kier molecular flexibility index (Phi) is 20.1. The molecule has 0 unspecified atom stereocenters. The van der Waals surface area contributed by atoms with E-state index in [-0.39, 0.29) is 32.2 Å². The number of sulfonamides is 1. The molecule has 19 heteroatoms. The molecular formula is C51H42BrCl5N6O5S2. The minimum Gasteiger partial charge on any atom is -0.331 e. The van der Waals surface area contributed by atoms with Gasteiger partial charge in [0.15, 0.2) is 5.11 Å². The second-order valence-corrected chi connectivity index (χ2v) is 20.4. The molecule has 11 nitrogen and oxygen atoms in total. The summed E-state index contributed by atoms with van der Waals surface area (Å²) in [5.41, 5.74) is 9.79. The average Bonchev–Trinajstić information content (AvgIpc) is 3.33. The predicted octanol–water partition coefficient (Wildman–Crippen LogP) is 13.7. The third-order valence-electron chi connectivity index (χ3n) is 10.0. The molecule has 3 amide bonds. The van der Waals surface area contributed by atoms with E-state index in [2.05, 4.69) is 59.6 Å². The molecule has 0 fully saturated rings. The molecule has 0 bridgehead atoms. The maximum atomic E-state index is 13.4. The number of carbonyl (C=O) groups excluding carboxylic acids is 3. The van der Waals surface area contributed by atoms with Gasteiger partial charge in [0.25, 0.3) is 11.8 Å². The standard InChI is InChI=1S/C26H19Cl3N2O3S.C25H23BrCl2N4O2S/c27-20-13-19(14-21(28)15-20)26(32)30-24-16-22(11-12-23(24)29)35(33,34)31-25(17-7-3-1-4-8-17)18-9-5-2-6-10-18;26-18-12-17(24(34)31-32-25(35)30-19-10-11-21(27)22(28)15-19)13-20(14-18)29-23(33)9-5-4-8-16-6-2-1-3-7-16/h1-16,25,31H,(H,30,32);1-3,6-7,10-15H,4-5,8-9H2,(H,29,33)(H,31,34)(H2,30,32,35). The molecule has 0 aliphatic carbocycles. The van der Waals surface area contributed by atoms with Gasteiger partial charge in [-0.3, -0.25) is 25.2 Å². The number of carbonyl (C=O) groups is 3. The molecule has 0 saturated carbocycles. The Morgan fingerprint density at radius 3 is 1.79 bits per heavy atom. The van der Waals surface area contributed by atoms with Crippen molar-refractivity contribution in [3.05, 3.63) is 221 Å². The van der Waals surface area contributed by atoms with Gasteiger partial charge in [0.2, 0.25) is 15.9 Å². The summed E-state index contributed by atoms with van der Waals surface area (Å²) in [5, 5.41) is 10.1. The molecule has 0 radical (unpaired) electrons. The lowest BCUT2D eigenvalue weighted by Crippen LogP contribution is -2.43. The summed E-state index contributed by atoms with van der Waals surface area (Å²) in [6.07, 6.45) is 3.03. The summed E-state index contributed by atoms with van der Waals surface area (Å²) in [7, 11) is -4.01. The van der Waals surface area contributed by atoms with E-state index >= 15 is 0 Å². The number of hydrazine groups is 1. The third kappa shape index (κ3) is 16.5. The number of hydrogen-bond acceptors (Lipinski definition) is 6. The van der Waals surface area contributed by atoms with E-state index < -0.39 is 27.9 Å². The second-order valence-electron chi connectivity index (χ2n) is 15.3. The van der Waals surface area contributed by atoms with E-state index in [1.165, 1.54) is 42.0 Å². The quantitative estimate of drug-likeness (QED) is 0.0337. The van der Waals surface area contributed by atoms with Crippen molar-refractivity contribution >= 4 is 136 Å². The van der Waals surface area contributed by atoms with E-state index in [0.29, 0.717) is 47.9 Å². The van der Waals surface area contributed by atoms with Crippen molar-refractivity contribution in [3.63, 3.8) is 0 Å². The Labute approximate surface area is 444 Å². The highest BCUT2D eigenvalue weighted by atomic mass is 79.9. The van der Waals surface area contributed by atoms with Gasteiger partial charge in [0.1, 0.15) is 0 Å². The number of nitrogens with one attached hydrogen (secondary N) is 6. The van der Waals surface area contributed by atoms with Crippen LogP contribution in [0.15, 0.2) is 173 Å². The van der Waals surface area contributed by atoms with Crippen LogP contribution in [0.3, 0.4) is 0 Å². The normalized spacial score (nSPS) is 10.9. The van der Waals surface area contributed by atoms with E-state index in [1.807, 2.05) is 78.9 Å². The van der Waals surface area contributed by atoms with Gasteiger partial charge < -0.3 is 16.0 Å². The van der Waals surface area contributed by atoms with Gasteiger partial charge in [-0.05, 0) is 121 Å². The van der Waals surface area contributed by atoms with Gasteiger partial charge in [-0.1, -0.05) is 165 Å². The smallest absolute Gasteiger partial charge is 0.269 e. The van der Waals surface area contributed by atoms with Gasteiger partial charge >= 0.3 is 0 Å². The molecule has 7 aromatic carbocycles. The number of anilines is 3. The largest absolute Gasteiger partial charge is 0.331 e. The van der Waals surface area contributed by atoms with Crippen molar-refractivity contribution in [2.24, 2.45) is 0 Å². The fourth-order valence-electron chi connectivity index (χ4n) is 6.69. The molecule has 70 heavy (non-hydrogen) atoms. The van der Waals surface area contributed by atoms with Crippen molar-refractivity contribution in [1.29, 1.82) is 0 Å². The van der Waals surface area contributed by atoms with Crippen LogP contribution < -0.4 is 31.5 Å². The minimum atomic E-state index is -4.01. The van der Waals surface area contributed by atoms with Gasteiger partial charge in [-0.2, -0.15) is 4.72 Å². The topological polar surface area (TPSA) is 158 Å². The Bertz CT molecular complexity index is 3030. The lowest BCUT2D eigenvalue weighted by atomic mass is 10.00. The maximum absolute atomic E-state index is 13.4. The summed E-state index contributed by atoms with van der Waals surface area (Å²) in [5.74, 6) is -1.07. The van der Waals surface area contributed by atoms with Crippen molar-refractivity contribution < 1.29 is 22.8 Å². The predicted molar refractivity (Wildman–Crippen MR) is 291 cm³/mol. The van der Waals surface area contributed by atoms with Crippen molar-refractivity contribution in [2.45, 2.75) is 36.6 Å². The number of hydrogen-bond donors (Lipinski definition) is 6. The van der Waals surface area contributed by atoms with Crippen LogP contribution in [0.4, 0.5) is 17.1 Å². The first kappa shape index (κ1) is 53.8. The van der Waals surface area contributed by atoms with Crippen LogP contribution in [0.25, 0.3) is 0 Å². The first-order chi connectivity index (χ1) is 33.5. The molecule has 7 rings (SSSR count). The molecule has 7 aromatic rings. The van der Waals surface area contributed by atoms with Gasteiger partial charge in [-0.25, -0.2) is 8.42 Å². The lowest BCUT2D eigenvalue weighted by Gasteiger charge is -2.20. The summed E-state index contributed by atoms with van der Waals surface area (Å²) >= 11 is 38.7. The summed E-state index contributed by atoms with van der Waals surface area (Å²) in [4.78, 5) is 37.6. The zero-order valence-electron chi connectivity index (χ0n) is 36.6. The maximum Gasteiger partial charge on any atom is 0.269 e. The van der Waals surface area contributed by atoms with Crippen LogP contribution >= 0.6 is 86.2 Å². The van der Waals surface area contributed by atoms with Crippen molar-refractivity contribution in [1.82, 2.24) is 15.6 Å². The van der Waals surface area contributed by atoms with Crippen molar-refractivity contribution in [3.8, 4) is 0 Å². The highest BCUT2D eigenvalue weighted by molar-refractivity contribution is 9.10. The van der Waals surface area contributed by atoms with Crippen LogP contribution in [0.1, 0.15) is 62.7 Å². The highest BCUT2D eigenvalue weighted by Gasteiger charge is 2.24. The second kappa shape index (κ2) is 26.1. The summed E-state index contributed by atoms with van der Waals surface area (Å²) < 4.78 is 30.2. The zero-order valence-corrected chi connectivity index (χ0v) is 43.6. The van der Waals surface area contributed by atoms with Gasteiger partial charge in [-0.15, -0.1) is 0 Å². The summed E-state index contributed by atoms with van der Waals surface area (Å²) in [6, 6.07) is 46.5. The molecule has 0 saturated heterocycles. The number of thiocarbonyl (C=S) groups is 1. The highest BCUT2D eigenvalue weighted by Crippen LogP contribution is 2.30. The van der Waals surface area contributed by atoms with Crippen LogP contribution in [0.5, 0.6) is 0 Å². The molecule has 0 spiro atoms. The first-order valence-corrected chi connectivity index (χ1v) is 25.8. The van der Waals surface area contributed by atoms with Crippen LogP contribution in [-0.4, -0.2) is 31.3 Å². The molecule has 0 aliphatic rings. The number of amides is 3. The lowest BCUT2D eigenvalue weighted by molar-refractivity contribution is -0.116. The first-order valence-electron chi connectivity index (χ1n) is 21.2. The monoisotopic (exact) mass is 1140 g/mol. The molecule has 0 aromatic heterocycles. The fourth-order valence-corrected chi connectivity index (χ4v) is 9.58. The molecule has 6 N–H and O–H groups in total. The van der Waals surface area contributed by atoms with E-state index in [1.54, 1.807) is 36.4 Å². The van der Waals surface area contributed by atoms with E-state index in [4.69, 9.17) is 70.2 Å². The minimum absolute atomic E-state index is 0.0572. The fraction of sp³-hybridized carbons (Fsp3) is 0.0980. The molecule has 0 aliphatic heterocycles. The average molecular weight is 1140 g/mol. The van der Waals surface area contributed by atoms with Gasteiger partial charge in [0, 0.05) is 43.4 Å². The van der Waals surface area contributed by atoms with E-state index in [0.717, 1.165) is 30.4 Å². The van der Waals surface area contributed by atoms with Crippen LogP contribution in [0.2, 0.25) is 25.1 Å². The SMILES string of the molecule is O=C(CCCCc1ccccc1)Nc1cc(Br)cc(C(=O)NNC(=S)Nc2ccc(Cl)c(Cl)c2)c1.O=C(Nc1cc(S(=O)(=O)NC(c2ccccc2)c2ccccc2)ccc1Cl)c1cc(Cl)cc(Cl)c1. The number of rotatable bonds is 15. The Morgan fingerprint density at radius 2 is 1.16 bits per heavy atom. The van der Waals surface area contributed by atoms with Gasteiger partial charge in [0.05, 0.1) is 31.7 Å². The third-order valence-corrected chi connectivity index (χ3v) is 13.6. The number of halogens is 6. The number of benzene rings is 7. The molecule has 0 heterocycles. The number of aryl methyl sites for hydroxylation is 1. The molecule has 360 valence electrons. The Hall–Kier alpha value is -5.52. The Morgan fingerprint density at radius 1 is 0.557 bits per heavy atom. The Balaban J connectivity index is 0.000000230. The van der Waals surface area contributed by atoms with Crippen LogP contribution in [-0.2, 0) is 21.2 Å². The number of unbranched alkanes of at least 4 members (excludes halogenated alkanes) is 1.